The van der Waals surface area contributed by atoms with Crippen LogP contribution >= 0.6 is 0 Å². The molecule has 0 saturated heterocycles. The molecule has 0 aliphatic heterocycles. The number of hydrogen-bond donors (Lipinski definition) is 2. The Morgan fingerprint density at radius 2 is 2.16 bits per heavy atom. The van der Waals surface area contributed by atoms with E-state index in [1.54, 1.807) is 13.1 Å². The molecular formula is C14H22FN3O. The molecule has 1 aromatic rings. The van der Waals surface area contributed by atoms with Gasteiger partial charge in [-0.25, -0.2) is 4.39 Å². The standard InChI is InChI=1S/C14H22FN3O/c1-10(14(19)17-2)8-18(3)9-11-4-5-13(15)6-12(11)7-16/h4-6,10H,7-9,16H2,1-3H3,(H,17,19). The summed E-state index contributed by atoms with van der Waals surface area (Å²) in [5.41, 5.74) is 7.42. The normalized spacial score (nSPS) is 12.5. The Morgan fingerprint density at radius 1 is 1.47 bits per heavy atom. The lowest BCUT2D eigenvalue weighted by Crippen LogP contribution is -2.34. The number of nitrogens with two attached hydrogens (primary N) is 1. The summed E-state index contributed by atoms with van der Waals surface area (Å²) in [4.78, 5) is 13.5. The number of carbonyl (C=O) groups excluding carboxylic acids is 1. The van der Waals surface area contributed by atoms with Crippen molar-refractivity contribution in [1.29, 1.82) is 0 Å². The number of rotatable bonds is 6. The highest BCUT2D eigenvalue weighted by Crippen LogP contribution is 2.13. The fraction of sp³-hybridized carbons (Fsp3) is 0.500. The molecule has 5 heteroatoms. The zero-order valence-corrected chi connectivity index (χ0v) is 11.7. The van der Waals surface area contributed by atoms with Gasteiger partial charge in [0.25, 0.3) is 0 Å². The number of halogens is 1. The molecule has 0 radical (unpaired) electrons. The average molecular weight is 267 g/mol. The summed E-state index contributed by atoms with van der Waals surface area (Å²) in [6.07, 6.45) is 0. The molecule has 0 spiro atoms. The summed E-state index contributed by atoms with van der Waals surface area (Å²) >= 11 is 0. The molecule has 0 saturated carbocycles. The topological polar surface area (TPSA) is 58.4 Å². The predicted octanol–water partition coefficient (Wildman–Crippen LogP) is 1.10. The second-order valence-corrected chi connectivity index (χ2v) is 4.83. The predicted molar refractivity (Wildman–Crippen MR) is 73.9 cm³/mol. The number of nitrogens with one attached hydrogen (secondary N) is 1. The van der Waals surface area contributed by atoms with Gasteiger partial charge < -0.3 is 16.0 Å². The Bertz CT molecular complexity index is 437. The van der Waals surface area contributed by atoms with Gasteiger partial charge >= 0.3 is 0 Å². The van der Waals surface area contributed by atoms with Crippen LogP contribution < -0.4 is 11.1 Å². The maximum atomic E-state index is 13.1. The summed E-state index contributed by atoms with van der Waals surface area (Å²) in [6.45, 7) is 3.48. The zero-order chi connectivity index (χ0) is 14.4. The molecule has 106 valence electrons. The van der Waals surface area contributed by atoms with E-state index in [0.717, 1.165) is 11.1 Å². The Hall–Kier alpha value is -1.46. The van der Waals surface area contributed by atoms with Gasteiger partial charge in [0.15, 0.2) is 0 Å². The van der Waals surface area contributed by atoms with Gasteiger partial charge in [0.05, 0.1) is 0 Å². The molecule has 0 bridgehead atoms. The molecule has 0 aliphatic rings. The lowest BCUT2D eigenvalue weighted by atomic mass is 10.1. The second kappa shape index (κ2) is 7.21. The van der Waals surface area contributed by atoms with E-state index < -0.39 is 0 Å². The van der Waals surface area contributed by atoms with Crippen LogP contribution in [0.15, 0.2) is 18.2 Å². The van der Waals surface area contributed by atoms with E-state index >= 15 is 0 Å². The van der Waals surface area contributed by atoms with Crippen LogP contribution in [0.5, 0.6) is 0 Å². The number of amides is 1. The SMILES string of the molecule is CNC(=O)C(C)CN(C)Cc1ccc(F)cc1CN. The third-order valence-electron chi connectivity index (χ3n) is 3.11. The van der Waals surface area contributed by atoms with Crippen LogP contribution in [0.1, 0.15) is 18.1 Å². The van der Waals surface area contributed by atoms with Crippen molar-refractivity contribution in [2.75, 3.05) is 20.6 Å². The number of nitrogens with zero attached hydrogens (tertiary/aromatic N) is 1. The smallest absolute Gasteiger partial charge is 0.223 e. The van der Waals surface area contributed by atoms with Crippen LogP contribution in [0.4, 0.5) is 4.39 Å². The van der Waals surface area contributed by atoms with Crippen molar-refractivity contribution in [3.63, 3.8) is 0 Å². The fourth-order valence-corrected chi connectivity index (χ4v) is 2.09. The van der Waals surface area contributed by atoms with E-state index in [4.69, 9.17) is 5.73 Å². The first-order valence-corrected chi connectivity index (χ1v) is 6.35. The van der Waals surface area contributed by atoms with Crippen molar-refractivity contribution in [2.24, 2.45) is 11.7 Å². The lowest BCUT2D eigenvalue weighted by molar-refractivity contribution is -0.124. The molecule has 0 fully saturated rings. The molecule has 1 atom stereocenters. The summed E-state index contributed by atoms with van der Waals surface area (Å²) in [5.74, 6) is -0.340. The van der Waals surface area contributed by atoms with Crippen molar-refractivity contribution in [2.45, 2.75) is 20.0 Å². The average Bonchev–Trinajstić information content (AvgIpc) is 2.39. The molecule has 1 aromatic carbocycles. The molecule has 0 heterocycles. The highest BCUT2D eigenvalue weighted by atomic mass is 19.1. The van der Waals surface area contributed by atoms with Crippen molar-refractivity contribution in [1.82, 2.24) is 10.2 Å². The van der Waals surface area contributed by atoms with E-state index in [2.05, 4.69) is 5.32 Å². The largest absolute Gasteiger partial charge is 0.359 e. The third kappa shape index (κ3) is 4.61. The summed E-state index contributed by atoms with van der Waals surface area (Å²) in [6, 6.07) is 4.65. The molecule has 0 aromatic heterocycles. The minimum atomic E-state index is -0.273. The van der Waals surface area contributed by atoms with E-state index in [0.29, 0.717) is 19.6 Å². The molecule has 0 aliphatic carbocycles. The van der Waals surface area contributed by atoms with Crippen LogP contribution in [-0.2, 0) is 17.9 Å². The first kappa shape index (κ1) is 15.6. The van der Waals surface area contributed by atoms with E-state index in [1.165, 1.54) is 12.1 Å². The summed E-state index contributed by atoms with van der Waals surface area (Å²) in [5, 5.41) is 2.63. The Balaban J connectivity index is 2.66. The molecule has 4 nitrogen and oxygen atoms in total. The highest BCUT2D eigenvalue weighted by Gasteiger charge is 2.14. The molecule has 19 heavy (non-hydrogen) atoms. The van der Waals surface area contributed by atoms with E-state index in [1.807, 2.05) is 18.9 Å². The monoisotopic (exact) mass is 267 g/mol. The van der Waals surface area contributed by atoms with Crippen LogP contribution in [0, 0.1) is 11.7 Å². The van der Waals surface area contributed by atoms with Gasteiger partial charge in [-0.05, 0) is 30.3 Å². The first-order valence-electron chi connectivity index (χ1n) is 6.35. The highest BCUT2D eigenvalue weighted by molar-refractivity contribution is 5.78. The molecule has 1 unspecified atom stereocenters. The quantitative estimate of drug-likeness (QED) is 0.811. The first-order chi connectivity index (χ1) is 8.97. The van der Waals surface area contributed by atoms with Gasteiger partial charge in [-0.2, -0.15) is 0 Å². The number of carbonyl (C=O) groups is 1. The summed E-state index contributed by atoms with van der Waals surface area (Å²) < 4.78 is 13.1. The number of hydrogen-bond acceptors (Lipinski definition) is 3. The van der Waals surface area contributed by atoms with Crippen LogP contribution in [0.25, 0.3) is 0 Å². The third-order valence-corrected chi connectivity index (χ3v) is 3.11. The van der Waals surface area contributed by atoms with Crippen LogP contribution in [-0.4, -0.2) is 31.4 Å². The number of benzene rings is 1. The minimum absolute atomic E-state index is 0.0185. The Kier molecular flexibility index (Phi) is 5.92. The van der Waals surface area contributed by atoms with Gasteiger partial charge in [0.1, 0.15) is 5.82 Å². The second-order valence-electron chi connectivity index (χ2n) is 4.83. The van der Waals surface area contributed by atoms with E-state index in [-0.39, 0.29) is 17.6 Å². The van der Waals surface area contributed by atoms with Crippen molar-refractivity contribution in [3.8, 4) is 0 Å². The van der Waals surface area contributed by atoms with Gasteiger partial charge in [0.2, 0.25) is 5.91 Å². The maximum Gasteiger partial charge on any atom is 0.223 e. The van der Waals surface area contributed by atoms with Gasteiger partial charge in [-0.1, -0.05) is 13.0 Å². The molecule has 3 N–H and O–H groups in total. The minimum Gasteiger partial charge on any atom is -0.359 e. The van der Waals surface area contributed by atoms with Crippen LogP contribution in [0.2, 0.25) is 0 Å². The summed E-state index contributed by atoms with van der Waals surface area (Å²) in [7, 11) is 3.56. The molecular weight excluding hydrogens is 245 g/mol. The van der Waals surface area contributed by atoms with Crippen molar-refractivity contribution < 1.29 is 9.18 Å². The van der Waals surface area contributed by atoms with Gasteiger partial charge in [0, 0.05) is 32.6 Å². The van der Waals surface area contributed by atoms with Crippen molar-refractivity contribution in [3.05, 3.63) is 35.1 Å². The molecule has 1 rings (SSSR count). The Morgan fingerprint density at radius 3 is 2.74 bits per heavy atom. The van der Waals surface area contributed by atoms with E-state index in [9.17, 15) is 9.18 Å². The fourth-order valence-electron chi connectivity index (χ4n) is 2.09. The Labute approximate surface area is 113 Å². The van der Waals surface area contributed by atoms with Gasteiger partial charge in [-0.15, -0.1) is 0 Å². The lowest BCUT2D eigenvalue weighted by Gasteiger charge is -2.21. The zero-order valence-electron chi connectivity index (χ0n) is 11.7. The maximum absolute atomic E-state index is 13.1. The van der Waals surface area contributed by atoms with Gasteiger partial charge in [-0.3, -0.25) is 4.79 Å². The van der Waals surface area contributed by atoms with Crippen LogP contribution in [0.3, 0.4) is 0 Å². The van der Waals surface area contributed by atoms with Crippen molar-refractivity contribution >= 4 is 5.91 Å². The molecule has 1 amide bonds.